The van der Waals surface area contributed by atoms with Gasteiger partial charge in [0, 0.05) is 5.57 Å². The second-order valence-corrected chi connectivity index (χ2v) is 2.73. The van der Waals surface area contributed by atoms with E-state index in [1.807, 2.05) is 6.92 Å². The van der Waals surface area contributed by atoms with Crippen LogP contribution in [0.5, 0.6) is 0 Å². The number of ether oxygens (including phenoxy) is 1. The van der Waals surface area contributed by atoms with Crippen molar-refractivity contribution in [1.82, 2.24) is 0 Å². The fourth-order valence-electron chi connectivity index (χ4n) is 0.738. The summed E-state index contributed by atoms with van der Waals surface area (Å²) >= 11 is 0. The van der Waals surface area contributed by atoms with Crippen LogP contribution in [0.4, 0.5) is 0 Å². The van der Waals surface area contributed by atoms with E-state index in [0.29, 0.717) is 12.2 Å². The molecule has 1 N–H and O–H groups in total. The van der Waals surface area contributed by atoms with E-state index >= 15 is 0 Å². The third kappa shape index (κ3) is 4.91. The SMILES string of the molecule is CCCOC(=O)/C(C)=C/C(C)O. The van der Waals surface area contributed by atoms with Crippen LogP contribution in [0.1, 0.15) is 27.2 Å². The first-order chi connectivity index (χ1) is 5.57. The predicted octanol–water partition coefficient (Wildman–Crippen LogP) is 1.27. The van der Waals surface area contributed by atoms with Crippen LogP contribution in [-0.2, 0) is 9.53 Å². The molecule has 0 fully saturated rings. The number of hydrogen-bond donors (Lipinski definition) is 1. The first kappa shape index (κ1) is 11.2. The summed E-state index contributed by atoms with van der Waals surface area (Å²) in [5, 5.41) is 8.91. The Morgan fingerprint density at radius 2 is 2.25 bits per heavy atom. The van der Waals surface area contributed by atoms with Crippen molar-refractivity contribution in [1.29, 1.82) is 0 Å². The Balaban J connectivity index is 3.92. The normalized spacial score (nSPS) is 14.2. The summed E-state index contributed by atoms with van der Waals surface area (Å²) < 4.78 is 4.84. The van der Waals surface area contributed by atoms with Gasteiger partial charge in [0.25, 0.3) is 0 Å². The van der Waals surface area contributed by atoms with Crippen molar-refractivity contribution in [3.05, 3.63) is 11.6 Å². The molecule has 12 heavy (non-hydrogen) atoms. The topological polar surface area (TPSA) is 46.5 Å². The van der Waals surface area contributed by atoms with Crippen LogP contribution in [0.15, 0.2) is 11.6 Å². The van der Waals surface area contributed by atoms with Gasteiger partial charge in [0.05, 0.1) is 12.7 Å². The Labute approximate surface area is 73.0 Å². The quantitative estimate of drug-likeness (QED) is 0.513. The monoisotopic (exact) mass is 172 g/mol. The Morgan fingerprint density at radius 1 is 1.67 bits per heavy atom. The molecule has 0 aromatic rings. The van der Waals surface area contributed by atoms with Crippen LogP contribution in [0.2, 0.25) is 0 Å². The largest absolute Gasteiger partial charge is 0.462 e. The van der Waals surface area contributed by atoms with Crippen LogP contribution in [-0.4, -0.2) is 23.8 Å². The molecular formula is C9H16O3. The Morgan fingerprint density at radius 3 is 2.67 bits per heavy atom. The molecule has 0 amide bonds. The lowest BCUT2D eigenvalue weighted by Crippen LogP contribution is -2.08. The minimum Gasteiger partial charge on any atom is -0.462 e. The van der Waals surface area contributed by atoms with E-state index in [2.05, 4.69) is 0 Å². The van der Waals surface area contributed by atoms with Gasteiger partial charge in [-0.2, -0.15) is 0 Å². The summed E-state index contributed by atoms with van der Waals surface area (Å²) in [5.41, 5.74) is 0.457. The van der Waals surface area contributed by atoms with E-state index in [1.165, 1.54) is 6.08 Å². The molecule has 3 heteroatoms. The number of carbonyl (C=O) groups excluding carboxylic acids is 1. The zero-order chi connectivity index (χ0) is 9.56. The molecule has 1 atom stereocenters. The predicted molar refractivity (Wildman–Crippen MR) is 46.7 cm³/mol. The third-order valence-electron chi connectivity index (χ3n) is 1.25. The first-order valence-electron chi connectivity index (χ1n) is 4.11. The minimum atomic E-state index is -0.598. The third-order valence-corrected chi connectivity index (χ3v) is 1.25. The van der Waals surface area contributed by atoms with Crippen molar-refractivity contribution in [2.45, 2.75) is 33.3 Å². The van der Waals surface area contributed by atoms with Gasteiger partial charge in [-0.05, 0) is 26.3 Å². The van der Waals surface area contributed by atoms with Gasteiger partial charge in [-0.15, -0.1) is 0 Å². The second-order valence-electron chi connectivity index (χ2n) is 2.73. The molecule has 0 aromatic carbocycles. The van der Waals surface area contributed by atoms with Gasteiger partial charge in [-0.1, -0.05) is 6.92 Å². The highest BCUT2D eigenvalue weighted by Gasteiger charge is 2.05. The van der Waals surface area contributed by atoms with Crippen molar-refractivity contribution in [2.75, 3.05) is 6.61 Å². The molecule has 0 aliphatic heterocycles. The number of carbonyl (C=O) groups is 1. The number of esters is 1. The standard InChI is InChI=1S/C9H16O3/c1-4-5-12-9(11)7(2)6-8(3)10/h6,8,10H,4-5H2,1-3H3/b7-6+. The molecule has 0 bridgehead atoms. The molecule has 0 aromatic heterocycles. The van der Waals surface area contributed by atoms with E-state index in [4.69, 9.17) is 9.84 Å². The molecule has 0 spiro atoms. The molecule has 0 rings (SSSR count). The summed E-state index contributed by atoms with van der Waals surface area (Å²) in [6.45, 7) is 5.59. The zero-order valence-electron chi connectivity index (χ0n) is 7.83. The van der Waals surface area contributed by atoms with E-state index < -0.39 is 6.10 Å². The van der Waals surface area contributed by atoms with Gasteiger partial charge in [-0.25, -0.2) is 4.79 Å². The average Bonchev–Trinajstić information content (AvgIpc) is 1.98. The lowest BCUT2D eigenvalue weighted by atomic mass is 10.2. The molecule has 0 aliphatic rings. The van der Waals surface area contributed by atoms with Gasteiger partial charge in [0.15, 0.2) is 0 Å². The zero-order valence-corrected chi connectivity index (χ0v) is 7.83. The van der Waals surface area contributed by atoms with Crippen molar-refractivity contribution in [2.24, 2.45) is 0 Å². The maximum Gasteiger partial charge on any atom is 0.333 e. The number of aliphatic hydroxyl groups is 1. The fraction of sp³-hybridized carbons (Fsp3) is 0.667. The smallest absolute Gasteiger partial charge is 0.333 e. The molecule has 0 saturated carbocycles. The summed E-state index contributed by atoms with van der Waals surface area (Å²) in [6.07, 6.45) is 1.69. The van der Waals surface area contributed by atoms with Gasteiger partial charge >= 0.3 is 5.97 Å². The minimum absolute atomic E-state index is 0.349. The highest BCUT2D eigenvalue weighted by atomic mass is 16.5. The molecule has 0 heterocycles. The molecule has 3 nitrogen and oxygen atoms in total. The fourth-order valence-corrected chi connectivity index (χ4v) is 0.738. The second kappa shape index (κ2) is 5.77. The van der Waals surface area contributed by atoms with Gasteiger partial charge in [0.1, 0.15) is 0 Å². The average molecular weight is 172 g/mol. The Hall–Kier alpha value is -0.830. The van der Waals surface area contributed by atoms with Crippen molar-refractivity contribution in [3.63, 3.8) is 0 Å². The molecule has 0 saturated heterocycles. The van der Waals surface area contributed by atoms with E-state index in [0.717, 1.165) is 6.42 Å². The van der Waals surface area contributed by atoms with Crippen molar-refractivity contribution in [3.8, 4) is 0 Å². The van der Waals surface area contributed by atoms with Crippen molar-refractivity contribution >= 4 is 5.97 Å². The van der Waals surface area contributed by atoms with Crippen LogP contribution in [0.3, 0.4) is 0 Å². The molecule has 70 valence electrons. The molecule has 1 unspecified atom stereocenters. The molecule has 0 aliphatic carbocycles. The van der Waals surface area contributed by atoms with Gasteiger partial charge in [-0.3, -0.25) is 0 Å². The number of aliphatic hydroxyl groups excluding tert-OH is 1. The van der Waals surface area contributed by atoms with Gasteiger partial charge in [0.2, 0.25) is 0 Å². The van der Waals surface area contributed by atoms with E-state index in [1.54, 1.807) is 13.8 Å². The van der Waals surface area contributed by atoms with Crippen molar-refractivity contribution < 1.29 is 14.6 Å². The van der Waals surface area contributed by atoms with E-state index in [-0.39, 0.29) is 5.97 Å². The Bertz CT molecular complexity index is 171. The summed E-state index contributed by atoms with van der Waals surface area (Å²) in [6, 6.07) is 0. The van der Waals surface area contributed by atoms with Crippen LogP contribution < -0.4 is 0 Å². The Kier molecular flexibility index (Phi) is 5.37. The maximum atomic E-state index is 11.0. The summed E-state index contributed by atoms with van der Waals surface area (Å²) in [7, 11) is 0. The highest BCUT2D eigenvalue weighted by Crippen LogP contribution is 1.99. The van der Waals surface area contributed by atoms with Crippen LogP contribution in [0, 0.1) is 0 Å². The summed E-state index contributed by atoms with van der Waals surface area (Å²) in [4.78, 5) is 11.0. The first-order valence-corrected chi connectivity index (χ1v) is 4.11. The molecule has 0 radical (unpaired) electrons. The number of rotatable bonds is 4. The molecular weight excluding hydrogens is 156 g/mol. The van der Waals surface area contributed by atoms with Crippen LogP contribution in [0.25, 0.3) is 0 Å². The highest BCUT2D eigenvalue weighted by molar-refractivity contribution is 5.87. The van der Waals surface area contributed by atoms with E-state index in [9.17, 15) is 4.79 Å². The maximum absolute atomic E-state index is 11.0. The lowest BCUT2D eigenvalue weighted by molar-refractivity contribution is -0.139. The summed E-state index contributed by atoms with van der Waals surface area (Å²) in [5.74, 6) is -0.349. The lowest BCUT2D eigenvalue weighted by Gasteiger charge is -2.03. The van der Waals surface area contributed by atoms with Gasteiger partial charge < -0.3 is 9.84 Å². The number of hydrogen-bond acceptors (Lipinski definition) is 3. The van der Waals surface area contributed by atoms with Crippen LogP contribution >= 0.6 is 0 Å².